The van der Waals surface area contributed by atoms with E-state index in [2.05, 4.69) is 15.3 Å². The molecule has 3 nitrogen and oxygen atoms in total. The van der Waals surface area contributed by atoms with Gasteiger partial charge in [-0.25, -0.2) is 4.98 Å². The third kappa shape index (κ3) is 2.58. The predicted molar refractivity (Wildman–Crippen MR) is 71.3 cm³/mol. The van der Waals surface area contributed by atoms with Gasteiger partial charge in [-0.15, -0.1) is 11.8 Å². The van der Waals surface area contributed by atoms with E-state index in [0.717, 1.165) is 28.4 Å². The van der Waals surface area contributed by atoms with Crippen LogP contribution in [0.25, 0.3) is 11.0 Å². The Morgan fingerprint density at radius 2 is 2.18 bits per heavy atom. The van der Waals surface area contributed by atoms with Crippen LogP contribution >= 0.6 is 11.8 Å². The quantitative estimate of drug-likeness (QED) is 0.843. The molecule has 1 aliphatic heterocycles. The average molecular weight is 245 g/mol. The number of benzene rings is 1. The van der Waals surface area contributed by atoms with Crippen molar-refractivity contribution >= 4 is 22.8 Å². The first-order chi connectivity index (χ1) is 8.42. The van der Waals surface area contributed by atoms with Gasteiger partial charge >= 0.3 is 0 Å². The van der Waals surface area contributed by atoms with Crippen LogP contribution in [0.2, 0.25) is 0 Å². The van der Waals surface area contributed by atoms with Crippen molar-refractivity contribution in [3.05, 3.63) is 30.5 Å². The Morgan fingerprint density at radius 1 is 1.29 bits per heavy atom. The van der Waals surface area contributed by atoms with E-state index in [1.165, 1.54) is 12.8 Å². The van der Waals surface area contributed by atoms with Gasteiger partial charge in [-0.3, -0.25) is 4.98 Å². The largest absolute Gasteiger partial charge is 0.313 e. The molecule has 2 heterocycles. The van der Waals surface area contributed by atoms with Gasteiger partial charge in [-0.05, 0) is 31.5 Å². The molecule has 0 amide bonds. The second-order valence-electron chi connectivity index (χ2n) is 4.30. The maximum atomic E-state index is 4.61. The van der Waals surface area contributed by atoms with Gasteiger partial charge in [0.15, 0.2) is 0 Å². The second kappa shape index (κ2) is 5.02. The fourth-order valence-electron chi connectivity index (χ4n) is 2.09. The average Bonchev–Trinajstić information content (AvgIpc) is 2.89. The second-order valence-corrected chi connectivity index (χ2v) is 5.34. The molecule has 1 fully saturated rings. The normalized spacial score (nSPS) is 19.9. The summed E-state index contributed by atoms with van der Waals surface area (Å²) in [5.41, 5.74) is 1.95. The van der Waals surface area contributed by atoms with Crippen LogP contribution in [0.3, 0.4) is 0 Å². The number of para-hydroxylation sites is 2. The van der Waals surface area contributed by atoms with Gasteiger partial charge in [0.2, 0.25) is 0 Å². The van der Waals surface area contributed by atoms with E-state index < -0.39 is 0 Å². The van der Waals surface area contributed by atoms with Gasteiger partial charge in [-0.2, -0.15) is 0 Å². The SMILES string of the molecule is c1ccc2nc(SC[C@@H]3CCCN3)cnc2c1. The van der Waals surface area contributed by atoms with E-state index in [1.54, 1.807) is 11.8 Å². The van der Waals surface area contributed by atoms with E-state index in [1.807, 2.05) is 30.5 Å². The lowest BCUT2D eigenvalue weighted by Crippen LogP contribution is -2.23. The molecule has 88 valence electrons. The third-order valence-corrected chi connectivity index (χ3v) is 4.08. The topological polar surface area (TPSA) is 37.8 Å². The minimum Gasteiger partial charge on any atom is -0.313 e. The zero-order valence-corrected chi connectivity index (χ0v) is 10.4. The summed E-state index contributed by atoms with van der Waals surface area (Å²) in [7, 11) is 0. The van der Waals surface area contributed by atoms with Gasteiger partial charge in [0.25, 0.3) is 0 Å². The minimum absolute atomic E-state index is 0.647. The highest BCUT2D eigenvalue weighted by Gasteiger charge is 2.14. The van der Waals surface area contributed by atoms with Crippen molar-refractivity contribution in [2.45, 2.75) is 23.9 Å². The van der Waals surface area contributed by atoms with Gasteiger partial charge < -0.3 is 5.32 Å². The van der Waals surface area contributed by atoms with Gasteiger partial charge in [0.1, 0.15) is 5.03 Å². The van der Waals surface area contributed by atoms with Crippen LogP contribution in [-0.2, 0) is 0 Å². The molecule has 0 spiro atoms. The molecule has 0 radical (unpaired) electrons. The maximum Gasteiger partial charge on any atom is 0.115 e. The summed E-state index contributed by atoms with van der Waals surface area (Å²) < 4.78 is 0. The maximum absolute atomic E-state index is 4.61. The first kappa shape index (κ1) is 11.0. The summed E-state index contributed by atoms with van der Waals surface area (Å²) in [6.07, 6.45) is 4.46. The number of aromatic nitrogens is 2. The van der Waals surface area contributed by atoms with E-state index >= 15 is 0 Å². The lowest BCUT2D eigenvalue weighted by Gasteiger charge is -2.08. The van der Waals surface area contributed by atoms with E-state index in [-0.39, 0.29) is 0 Å². The Hall–Kier alpha value is -1.13. The molecule has 1 N–H and O–H groups in total. The summed E-state index contributed by atoms with van der Waals surface area (Å²) in [6.45, 7) is 1.16. The number of fused-ring (bicyclic) bond motifs is 1. The van der Waals surface area contributed by atoms with Crippen LogP contribution in [0.15, 0.2) is 35.5 Å². The Kier molecular flexibility index (Phi) is 3.25. The third-order valence-electron chi connectivity index (χ3n) is 3.02. The van der Waals surface area contributed by atoms with Gasteiger partial charge in [0, 0.05) is 11.8 Å². The molecule has 17 heavy (non-hydrogen) atoms. The first-order valence-corrected chi connectivity index (χ1v) is 6.98. The van der Waals surface area contributed by atoms with Gasteiger partial charge in [0.05, 0.1) is 17.2 Å². The standard InChI is InChI=1S/C13H15N3S/c1-2-6-12-11(5-1)15-8-13(16-12)17-9-10-4-3-7-14-10/h1-2,5-6,8,10,14H,3-4,7,9H2/t10-/m0/s1. The summed E-state index contributed by atoms with van der Waals surface area (Å²) >= 11 is 1.80. The van der Waals surface area contributed by atoms with Crippen molar-refractivity contribution in [3.63, 3.8) is 0 Å². The summed E-state index contributed by atoms with van der Waals surface area (Å²) in [5, 5.41) is 4.52. The van der Waals surface area contributed by atoms with E-state index in [0.29, 0.717) is 6.04 Å². The molecule has 2 aromatic rings. The van der Waals surface area contributed by atoms with Crippen LogP contribution in [-0.4, -0.2) is 28.3 Å². The molecule has 0 bridgehead atoms. The number of nitrogens with zero attached hydrogens (tertiary/aromatic N) is 2. The lowest BCUT2D eigenvalue weighted by molar-refractivity contribution is 0.673. The molecule has 0 aliphatic carbocycles. The van der Waals surface area contributed by atoms with Crippen molar-refractivity contribution in [2.75, 3.05) is 12.3 Å². The predicted octanol–water partition coefficient (Wildman–Crippen LogP) is 2.47. The van der Waals surface area contributed by atoms with Crippen molar-refractivity contribution < 1.29 is 0 Å². The molecule has 1 aliphatic rings. The molecule has 0 unspecified atom stereocenters. The molecule has 1 atom stereocenters. The highest BCUT2D eigenvalue weighted by atomic mass is 32.2. The molecule has 4 heteroatoms. The van der Waals surface area contributed by atoms with Gasteiger partial charge in [-0.1, -0.05) is 12.1 Å². The first-order valence-electron chi connectivity index (χ1n) is 6.00. The fraction of sp³-hybridized carbons (Fsp3) is 0.385. The highest BCUT2D eigenvalue weighted by molar-refractivity contribution is 7.99. The van der Waals surface area contributed by atoms with Crippen molar-refractivity contribution in [2.24, 2.45) is 0 Å². The van der Waals surface area contributed by atoms with E-state index in [9.17, 15) is 0 Å². The molecule has 1 aromatic heterocycles. The molecule has 1 saturated heterocycles. The van der Waals surface area contributed by atoms with Crippen LogP contribution < -0.4 is 5.32 Å². The zero-order valence-electron chi connectivity index (χ0n) is 9.60. The summed E-state index contributed by atoms with van der Waals surface area (Å²) in [5.74, 6) is 1.09. The van der Waals surface area contributed by atoms with Crippen LogP contribution in [0.5, 0.6) is 0 Å². The number of rotatable bonds is 3. The summed E-state index contributed by atoms with van der Waals surface area (Å²) in [6, 6.07) is 8.65. The minimum atomic E-state index is 0.647. The van der Waals surface area contributed by atoms with Crippen molar-refractivity contribution in [1.29, 1.82) is 0 Å². The number of hydrogen-bond donors (Lipinski definition) is 1. The van der Waals surface area contributed by atoms with Crippen LogP contribution in [0.4, 0.5) is 0 Å². The number of thioether (sulfide) groups is 1. The Morgan fingerprint density at radius 3 is 3.00 bits per heavy atom. The lowest BCUT2D eigenvalue weighted by atomic mass is 10.3. The van der Waals surface area contributed by atoms with E-state index in [4.69, 9.17) is 0 Å². The number of nitrogens with one attached hydrogen (secondary N) is 1. The summed E-state index contributed by atoms with van der Waals surface area (Å²) in [4.78, 5) is 9.03. The molecular formula is C13H15N3S. The molecular weight excluding hydrogens is 230 g/mol. The smallest absolute Gasteiger partial charge is 0.115 e. The monoisotopic (exact) mass is 245 g/mol. The Bertz CT molecular complexity index is 509. The fourth-order valence-corrected chi connectivity index (χ4v) is 3.04. The Balaban J connectivity index is 1.72. The molecule has 0 saturated carbocycles. The zero-order chi connectivity index (χ0) is 11.5. The van der Waals surface area contributed by atoms with Crippen molar-refractivity contribution in [3.8, 4) is 0 Å². The molecule has 3 rings (SSSR count). The van der Waals surface area contributed by atoms with Crippen molar-refractivity contribution in [1.82, 2.24) is 15.3 Å². The highest BCUT2D eigenvalue weighted by Crippen LogP contribution is 2.20. The van der Waals surface area contributed by atoms with Crippen LogP contribution in [0, 0.1) is 0 Å². The molecule has 1 aromatic carbocycles. The van der Waals surface area contributed by atoms with Crippen LogP contribution in [0.1, 0.15) is 12.8 Å². The number of hydrogen-bond acceptors (Lipinski definition) is 4. The Labute approximate surface area is 105 Å².